The molecular weight excluding hydrogens is 276 g/mol. The summed E-state index contributed by atoms with van der Waals surface area (Å²) in [6.07, 6.45) is -0.168. The third-order valence-electron chi connectivity index (χ3n) is 2.82. The molecule has 108 valence electrons. The Morgan fingerprint density at radius 2 is 1.76 bits per heavy atom. The van der Waals surface area contributed by atoms with Crippen molar-refractivity contribution in [3.63, 3.8) is 0 Å². The first-order valence-electron chi connectivity index (χ1n) is 6.02. The van der Waals surface area contributed by atoms with Crippen LogP contribution in [0.4, 0.5) is 11.4 Å². The van der Waals surface area contributed by atoms with E-state index >= 15 is 0 Å². The van der Waals surface area contributed by atoms with E-state index in [2.05, 4.69) is 5.32 Å². The Morgan fingerprint density at radius 1 is 1.10 bits per heavy atom. The maximum absolute atomic E-state index is 11.9. The summed E-state index contributed by atoms with van der Waals surface area (Å²) in [7, 11) is 0. The van der Waals surface area contributed by atoms with Crippen LogP contribution in [0.15, 0.2) is 42.5 Å². The molecule has 0 bridgehead atoms. The lowest BCUT2D eigenvalue weighted by atomic mass is 10.1. The fraction of sp³-hybridized carbons (Fsp3) is 0.0714. The van der Waals surface area contributed by atoms with Crippen LogP contribution >= 0.6 is 0 Å². The molecular formula is C14H12N2O5. The van der Waals surface area contributed by atoms with E-state index in [1.165, 1.54) is 24.3 Å². The number of carbonyl (C=O) groups is 1. The Kier molecular flexibility index (Phi) is 4.03. The summed E-state index contributed by atoms with van der Waals surface area (Å²) < 4.78 is 0. The zero-order valence-electron chi connectivity index (χ0n) is 10.8. The summed E-state index contributed by atoms with van der Waals surface area (Å²) in [6, 6.07) is 10.00. The Hall–Kier alpha value is -3.09. The quantitative estimate of drug-likeness (QED) is 0.453. The summed E-state index contributed by atoms with van der Waals surface area (Å²) in [5.41, 5.74) is -0.281. The molecule has 0 saturated carbocycles. The molecule has 2 aromatic carbocycles. The summed E-state index contributed by atoms with van der Waals surface area (Å²) in [6.45, 7) is 0. The maximum Gasteiger partial charge on any atom is 0.296 e. The van der Waals surface area contributed by atoms with Crippen molar-refractivity contribution in [3.8, 4) is 11.5 Å². The maximum atomic E-state index is 11.9. The van der Waals surface area contributed by atoms with E-state index in [-0.39, 0.29) is 17.9 Å². The summed E-state index contributed by atoms with van der Waals surface area (Å²) in [5.74, 6) is -1.02. The van der Waals surface area contributed by atoms with Gasteiger partial charge in [-0.25, -0.2) is 0 Å². The van der Waals surface area contributed by atoms with Gasteiger partial charge >= 0.3 is 0 Å². The van der Waals surface area contributed by atoms with Crippen LogP contribution in [0, 0.1) is 10.1 Å². The predicted molar refractivity (Wildman–Crippen MR) is 75.2 cm³/mol. The molecule has 2 aromatic rings. The van der Waals surface area contributed by atoms with Crippen LogP contribution in [-0.4, -0.2) is 21.0 Å². The smallest absolute Gasteiger partial charge is 0.296 e. The Morgan fingerprint density at radius 3 is 2.43 bits per heavy atom. The van der Waals surface area contributed by atoms with E-state index in [0.29, 0.717) is 5.56 Å². The highest BCUT2D eigenvalue weighted by atomic mass is 16.6. The molecule has 21 heavy (non-hydrogen) atoms. The molecule has 0 fully saturated rings. The van der Waals surface area contributed by atoms with Gasteiger partial charge in [0.15, 0.2) is 5.69 Å². The molecule has 0 saturated heterocycles. The van der Waals surface area contributed by atoms with Crippen LogP contribution in [0.1, 0.15) is 5.56 Å². The number of aromatic hydroxyl groups is 2. The Balaban J connectivity index is 2.21. The van der Waals surface area contributed by atoms with Crippen molar-refractivity contribution in [2.45, 2.75) is 6.42 Å². The van der Waals surface area contributed by atoms with Gasteiger partial charge < -0.3 is 15.5 Å². The predicted octanol–water partition coefficient (Wildman–Crippen LogP) is 2.19. The van der Waals surface area contributed by atoms with Crippen molar-refractivity contribution in [1.29, 1.82) is 0 Å². The lowest BCUT2D eigenvalue weighted by Crippen LogP contribution is -2.15. The van der Waals surface area contributed by atoms with Gasteiger partial charge in [-0.05, 0) is 12.1 Å². The summed E-state index contributed by atoms with van der Waals surface area (Å²) in [5, 5.41) is 32.4. The molecule has 7 heteroatoms. The van der Waals surface area contributed by atoms with Gasteiger partial charge in [0.25, 0.3) is 5.69 Å². The average molecular weight is 288 g/mol. The zero-order chi connectivity index (χ0) is 15.4. The Labute approximate surface area is 119 Å². The van der Waals surface area contributed by atoms with Crippen molar-refractivity contribution < 1.29 is 19.9 Å². The van der Waals surface area contributed by atoms with Gasteiger partial charge in [0.1, 0.15) is 11.5 Å². The van der Waals surface area contributed by atoms with Gasteiger partial charge in [-0.3, -0.25) is 14.9 Å². The molecule has 2 rings (SSSR count). The largest absolute Gasteiger partial charge is 0.508 e. The number of nitrogens with one attached hydrogen (secondary N) is 1. The molecule has 0 aliphatic heterocycles. The zero-order valence-corrected chi connectivity index (χ0v) is 10.8. The highest BCUT2D eigenvalue weighted by Gasteiger charge is 2.19. The number of rotatable bonds is 4. The lowest BCUT2D eigenvalue weighted by molar-refractivity contribution is -0.384. The number of phenolic OH excluding ortho intramolecular Hbond substituents is 2. The van der Waals surface area contributed by atoms with Crippen LogP contribution < -0.4 is 5.32 Å². The van der Waals surface area contributed by atoms with Crippen molar-refractivity contribution in [2.24, 2.45) is 0 Å². The molecule has 1 amide bonds. The molecule has 7 nitrogen and oxygen atoms in total. The van der Waals surface area contributed by atoms with Crippen LogP contribution in [0.2, 0.25) is 0 Å². The number of carbonyl (C=O) groups excluding carboxylic acids is 1. The van der Waals surface area contributed by atoms with Gasteiger partial charge in [0.05, 0.1) is 11.3 Å². The van der Waals surface area contributed by atoms with E-state index in [1.54, 1.807) is 18.2 Å². The van der Waals surface area contributed by atoms with E-state index in [9.17, 15) is 25.1 Å². The highest BCUT2D eigenvalue weighted by Crippen LogP contribution is 2.33. The standard InChI is InChI=1S/C14H12N2O5/c17-11-6-2-1-4-9(11)8-13(19)15-14-10(16(20)21)5-3-7-12(14)18/h1-7,17-18H,8H2,(H,15,19). The van der Waals surface area contributed by atoms with Gasteiger partial charge in [0.2, 0.25) is 5.91 Å². The monoisotopic (exact) mass is 288 g/mol. The second-order valence-corrected chi connectivity index (χ2v) is 4.28. The summed E-state index contributed by atoms with van der Waals surface area (Å²) >= 11 is 0. The normalized spacial score (nSPS) is 10.1. The van der Waals surface area contributed by atoms with Gasteiger partial charge in [-0.15, -0.1) is 0 Å². The van der Waals surface area contributed by atoms with Crippen molar-refractivity contribution >= 4 is 17.3 Å². The first kappa shape index (κ1) is 14.3. The number of benzene rings is 2. The topological polar surface area (TPSA) is 113 Å². The Bertz CT molecular complexity index is 700. The molecule has 0 heterocycles. The van der Waals surface area contributed by atoms with Gasteiger partial charge in [-0.1, -0.05) is 24.3 Å². The fourth-order valence-corrected chi connectivity index (χ4v) is 1.83. The second kappa shape index (κ2) is 5.91. The highest BCUT2D eigenvalue weighted by molar-refractivity contribution is 5.96. The minimum atomic E-state index is -0.699. The molecule has 3 N–H and O–H groups in total. The number of anilines is 1. The third-order valence-corrected chi connectivity index (χ3v) is 2.82. The summed E-state index contributed by atoms with van der Waals surface area (Å²) in [4.78, 5) is 22.1. The van der Waals surface area contributed by atoms with E-state index < -0.39 is 22.3 Å². The first-order valence-corrected chi connectivity index (χ1v) is 6.02. The van der Waals surface area contributed by atoms with Crippen LogP contribution in [-0.2, 0) is 11.2 Å². The average Bonchev–Trinajstić information content (AvgIpc) is 2.43. The number of phenols is 2. The molecule has 0 unspecified atom stereocenters. The lowest BCUT2D eigenvalue weighted by Gasteiger charge is -2.08. The molecule has 0 atom stereocenters. The number of para-hydroxylation sites is 2. The van der Waals surface area contributed by atoms with E-state index in [4.69, 9.17) is 0 Å². The SMILES string of the molecule is O=C(Cc1ccccc1O)Nc1c(O)cccc1[N+](=O)[O-]. The van der Waals surface area contributed by atoms with Crippen molar-refractivity contribution in [3.05, 3.63) is 58.1 Å². The number of nitro benzene ring substituents is 1. The first-order chi connectivity index (χ1) is 9.99. The van der Waals surface area contributed by atoms with Gasteiger partial charge in [-0.2, -0.15) is 0 Å². The van der Waals surface area contributed by atoms with Gasteiger partial charge in [0, 0.05) is 11.6 Å². The van der Waals surface area contributed by atoms with Crippen molar-refractivity contribution in [2.75, 3.05) is 5.32 Å². The third kappa shape index (κ3) is 3.27. The van der Waals surface area contributed by atoms with Crippen molar-refractivity contribution in [1.82, 2.24) is 0 Å². The number of nitro groups is 1. The fourth-order valence-electron chi connectivity index (χ4n) is 1.83. The number of amides is 1. The van der Waals surface area contributed by atoms with E-state index in [0.717, 1.165) is 0 Å². The second-order valence-electron chi connectivity index (χ2n) is 4.28. The van der Waals surface area contributed by atoms with Crippen LogP contribution in [0.3, 0.4) is 0 Å². The number of nitrogens with zero attached hydrogens (tertiary/aromatic N) is 1. The molecule has 0 aliphatic rings. The molecule has 0 radical (unpaired) electrons. The molecule has 0 spiro atoms. The van der Waals surface area contributed by atoms with Crippen LogP contribution in [0.25, 0.3) is 0 Å². The molecule has 0 aromatic heterocycles. The molecule has 0 aliphatic carbocycles. The number of hydrogen-bond acceptors (Lipinski definition) is 5. The van der Waals surface area contributed by atoms with E-state index in [1.807, 2.05) is 0 Å². The number of hydrogen-bond donors (Lipinski definition) is 3. The van der Waals surface area contributed by atoms with Crippen LogP contribution in [0.5, 0.6) is 11.5 Å². The minimum Gasteiger partial charge on any atom is -0.508 e. The minimum absolute atomic E-state index is 0.0422.